The van der Waals surface area contributed by atoms with Crippen molar-refractivity contribution in [1.82, 2.24) is 4.98 Å². The molecular weight excluding hydrogens is 362 g/mol. The first-order chi connectivity index (χ1) is 12.8. The molecule has 1 fully saturated rings. The van der Waals surface area contributed by atoms with Crippen molar-refractivity contribution >= 4 is 28.3 Å². The highest BCUT2D eigenvalue weighted by molar-refractivity contribution is 6.05. The van der Waals surface area contributed by atoms with Gasteiger partial charge < -0.3 is 15.6 Å². The molecule has 0 spiro atoms. The van der Waals surface area contributed by atoms with E-state index in [9.17, 15) is 22.4 Å². The Hall–Kier alpha value is -3.03. The molecule has 4 nitrogen and oxygen atoms in total. The fourth-order valence-electron chi connectivity index (χ4n) is 3.30. The van der Waals surface area contributed by atoms with Gasteiger partial charge in [-0.15, -0.1) is 0 Å². The molecule has 4 rings (SSSR count). The van der Waals surface area contributed by atoms with Gasteiger partial charge in [0.1, 0.15) is 11.6 Å². The molecule has 0 unspecified atom stereocenters. The van der Waals surface area contributed by atoms with E-state index in [1.54, 1.807) is 6.07 Å². The van der Waals surface area contributed by atoms with Gasteiger partial charge in [-0.25, -0.2) is 22.4 Å². The third kappa shape index (κ3) is 3.47. The van der Waals surface area contributed by atoms with Crippen LogP contribution in [0.1, 0.15) is 24.3 Å². The van der Waals surface area contributed by atoms with E-state index in [1.807, 2.05) is 0 Å². The molecular formula is C19H15F4N3O. The number of aromatic nitrogens is 1. The van der Waals surface area contributed by atoms with Crippen LogP contribution in [0.2, 0.25) is 0 Å². The van der Waals surface area contributed by atoms with Crippen LogP contribution < -0.4 is 10.6 Å². The van der Waals surface area contributed by atoms with Crippen LogP contribution in [-0.4, -0.2) is 16.9 Å². The van der Waals surface area contributed by atoms with E-state index >= 15 is 0 Å². The Labute approximate surface area is 151 Å². The van der Waals surface area contributed by atoms with E-state index in [0.717, 1.165) is 6.07 Å². The fourth-order valence-corrected chi connectivity index (χ4v) is 3.30. The first-order valence-corrected chi connectivity index (χ1v) is 8.33. The number of amides is 2. The molecule has 3 aromatic rings. The predicted molar refractivity (Wildman–Crippen MR) is 94.2 cm³/mol. The standard InChI is InChI=1S/C19H15F4N3O/c20-11-1-4-16-14(5-11)17(9-24-16)26-18(27)25-12-2-3-13(15(21)6-12)10-7-19(22,23)8-10/h1-6,9-10,24H,7-8H2,(H2,25,26,27). The zero-order chi connectivity index (χ0) is 19.2. The summed E-state index contributed by atoms with van der Waals surface area (Å²) in [7, 11) is 0. The van der Waals surface area contributed by atoms with Crippen LogP contribution in [0.5, 0.6) is 0 Å². The number of anilines is 2. The van der Waals surface area contributed by atoms with Gasteiger partial charge in [0.15, 0.2) is 0 Å². The maximum absolute atomic E-state index is 14.2. The normalized spacial score (nSPS) is 16.1. The number of alkyl halides is 2. The second-order valence-corrected chi connectivity index (χ2v) is 6.67. The van der Waals surface area contributed by atoms with Gasteiger partial charge >= 0.3 is 6.03 Å². The van der Waals surface area contributed by atoms with Crippen LogP contribution in [0.3, 0.4) is 0 Å². The first kappa shape index (κ1) is 17.4. The van der Waals surface area contributed by atoms with E-state index in [2.05, 4.69) is 15.6 Å². The fraction of sp³-hybridized carbons (Fsp3) is 0.211. The van der Waals surface area contributed by atoms with Gasteiger partial charge in [0.2, 0.25) is 5.92 Å². The van der Waals surface area contributed by atoms with Gasteiger partial charge in [-0.05, 0) is 41.8 Å². The number of fused-ring (bicyclic) bond motifs is 1. The smallest absolute Gasteiger partial charge is 0.323 e. The molecule has 0 saturated heterocycles. The number of urea groups is 1. The Morgan fingerprint density at radius 1 is 1.07 bits per heavy atom. The summed E-state index contributed by atoms with van der Waals surface area (Å²) in [5, 5.41) is 5.53. The van der Waals surface area contributed by atoms with Gasteiger partial charge in [-0.3, -0.25) is 0 Å². The number of aromatic amines is 1. The van der Waals surface area contributed by atoms with Gasteiger partial charge in [0, 0.05) is 35.6 Å². The summed E-state index contributed by atoms with van der Waals surface area (Å²) in [6.07, 6.45) is 0.784. The Balaban J connectivity index is 1.45. The summed E-state index contributed by atoms with van der Waals surface area (Å²) < 4.78 is 53.5. The number of nitrogens with one attached hydrogen (secondary N) is 3. The van der Waals surface area contributed by atoms with E-state index in [-0.39, 0.29) is 24.1 Å². The van der Waals surface area contributed by atoms with E-state index in [0.29, 0.717) is 16.6 Å². The molecule has 1 saturated carbocycles. The Morgan fingerprint density at radius 3 is 2.56 bits per heavy atom. The van der Waals surface area contributed by atoms with Crippen molar-refractivity contribution in [1.29, 1.82) is 0 Å². The molecule has 8 heteroatoms. The van der Waals surface area contributed by atoms with Crippen LogP contribution in [0.4, 0.5) is 33.7 Å². The van der Waals surface area contributed by atoms with E-state index < -0.39 is 29.5 Å². The van der Waals surface area contributed by atoms with Crippen molar-refractivity contribution in [3.05, 3.63) is 59.8 Å². The Kier molecular flexibility index (Phi) is 4.05. The molecule has 1 aliphatic rings. The van der Waals surface area contributed by atoms with Crippen LogP contribution in [0.15, 0.2) is 42.6 Å². The summed E-state index contributed by atoms with van der Waals surface area (Å²) >= 11 is 0. The number of hydrogen-bond donors (Lipinski definition) is 3. The molecule has 3 N–H and O–H groups in total. The van der Waals surface area contributed by atoms with Crippen LogP contribution in [0, 0.1) is 11.6 Å². The highest BCUT2D eigenvalue weighted by Crippen LogP contribution is 2.49. The molecule has 2 amide bonds. The highest BCUT2D eigenvalue weighted by Gasteiger charge is 2.46. The lowest BCUT2D eigenvalue weighted by atomic mass is 9.76. The van der Waals surface area contributed by atoms with Crippen molar-refractivity contribution in [2.24, 2.45) is 0 Å². The summed E-state index contributed by atoms with van der Waals surface area (Å²) in [5.74, 6) is -4.32. The van der Waals surface area contributed by atoms with Gasteiger partial charge in [0.05, 0.1) is 5.69 Å². The lowest BCUT2D eigenvalue weighted by Crippen LogP contribution is -2.34. The second kappa shape index (κ2) is 6.29. The summed E-state index contributed by atoms with van der Waals surface area (Å²) in [5.41, 5.74) is 1.43. The van der Waals surface area contributed by atoms with Gasteiger partial charge in [-0.1, -0.05) is 6.07 Å². The predicted octanol–water partition coefficient (Wildman–Crippen LogP) is 5.60. The maximum Gasteiger partial charge on any atom is 0.323 e. The van der Waals surface area contributed by atoms with E-state index in [1.165, 1.54) is 30.5 Å². The SMILES string of the molecule is O=C(Nc1ccc(C2CC(F)(F)C2)c(F)c1)Nc1c[nH]c2ccc(F)cc12. The van der Waals surface area contributed by atoms with Crippen molar-refractivity contribution < 1.29 is 22.4 Å². The average molecular weight is 377 g/mol. The number of halogens is 4. The minimum atomic E-state index is -2.73. The highest BCUT2D eigenvalue weighted by atomic mass is 19.3. The minimum absolute atomic E-state index is 0.186. The average Bonchev–Trinajstić information content (AvgIpc) is 2.95. The quantitative estimate of drug-likeness (QED) is 0.511. The monoisotopic (exact) mass is 377 g/mol. The largest absolute Gasteiger partial charge is 0.359 e. The molecule has 1 aliphatic carbocycles. The lowest BCUT2D eigenvalue weighted by molar-refractivity contribution is -0.0873. The topological polar surface area (TPSA) is 56.9 Å². The number of benzene rings is 2. The first-order valence-electron chi connectivity index (χ1n) is 8.33. The van der Waals surface area contributed by atoms with Crippen molar-refractivity contribution in [2.45, 2.75) is 24.7 Å². The molecule has 0 radical (unpaired) electrons. The summed E-state index contributed by atoms with van der Waals surface area (Å²) in [6.45, 7) is 0. The molecule has 2 aromatic carbocycles. The number of H-pyrrole nitrogens is 1. The molecule has 1 heterocycles. The second-order valence-electron chi connectivity index (χ2n) is 6.67. The zero-order valence-electron chi connectivity index (χ0n) is 14.0. The third-order valence-electron chi connectivity index (χ3n) is 4.68. The van der Waals surface area contributed by atoms with Crippen LogP contribution in [0.25, 0.3) is 10.9 Å². The summed E-state index contributed by atoms with van der Waals surface area (Å²) in [6, 6.07) is 7.46. The number of rotatable bonds is 3. The van der Waals surface area contributed by atoms with E-state index in [4.69, 9.17) is 0 Å². The zero-order valence-corrected chi connectivity index (χ0v) is 14.0. The third-order valence-corrected chi connectivity index (χ3v) is 4.68. The molecule has 0 aliphatic heterocycles. The van der Waals surface area contributed by atoms with Crippen LogP contribution in [-0.2, 0) is 0 Å². The molecule has 0 bridgehead atoms. The molecule has 1 aromatic heterocycles. The van der Waals surface area contributed by atoms with Crippen molar-refractivity contribution in [2.75, 3.05) is 10.6 Å². The van der Waals surface area contributed by atoms with Crippen molar-refractivity contribution in [3.8, 4) is 0 Å². The van der Waals surface area contributed by atoms with Gasteiger partial charge in [0.25, 0.3) is 0 Å². The number of hydrogen-bond acceptors (Lipinski definition) is 1. The van der Waals surface area contributed by atoms with Crippen molar-refractivity contribution in [3.63, 3.8) is 0 Å². The maximum atomic E-state index is 14.2. The lowest BCUT2D eigenvalue weighted by Gasteiger charge is -2.35. The van der Waals surface area contributed by atoms with Crippen LogP contribution >= 0.6 is 0 Å². The number of carbonyl (C=O) groups excluding carboxylic acids is 1. The molecule has 140 valence electrons. The summed E-state index contributed by atoms with van der Waals surface area (Å²) in [4.78, 5) is 15.0. The number of carbonyl (C=O) groups is 1. The van der Waals surface area contributed by atoms with Gasteiger partial charge in [-0.2, -0.15) is 0 Å². The Morgan fingerprint density at radius 2 is 1.85 bits per heavy atom. The Bertz CT molecular complexity index is 1020. The minimum Gasteiger partial charge on any atom is -0.359 e. The molecule has 0 atom stereocenters. The molecule has 27 heavy (non-hydrogen) atoms.